The summed E-state index contributed by atoms with van der Waals surface area (Å²) in [5.41, 5.74) is 1.19. The molecule has 0 heterocycles. The van der Waals surface area contributed by atoms with Crippen molar-refractivity contribution in [2.75, 3.05) is 5.32 Å². The van der Waals surface area contributed by atoms with Crippen LogP contribution in [0.25, 0.3) is 0 Å². The van der Waals surface area contributed by atoms with Crippen molar-refractivity contribution in [2.45, 2.75) is 39.2 Å². The third-order valence-corrected chi connectivity index (χ3v) is 4.71. The molecule has 2 aromatic carbocycles. The summed E-state index contributed by atoms with van der Waals surface area (Å²) in [6.45, 7) is 4.72. The van der Waals surface area contributed by atoms with Gasteiger partial charge in [-0.15, -0.1) is 0 Å². The molecule has 0 saturated heterocycles. The molecule has 1 aliphatic carbocycles. The van der Waals surface area contributed by atoms with Crippen LogP contribution >= 0.6 is 0 Å². The zero-order valence-electron chi connectivity index (χ0n) is 13.5. The van der Waals surface area contributed by atoms with Gasteiger partial charge >= 0.3 is 0 Å². The van der Waals surface area contributed by atoms with E-state index >= 15 is 0 Å². The number of ether oxygens (including phenoxy) is 1. The highest BCUT2D eigenvalue weighted by atomic mass is 16.5. The van der Waals surface area contributed by atoms with Crippen molar-refractivity contribution < 1.29 is 4.74 Å². The van der Waals surface area contributed by atoms with E-state index in [1.54, 1.807) is 0 Å². The first-order chi connectivity index (χ1) is 10.7. The van der Waals surface area contributed by atoms with Crippen LogP contribution < -0.4 is 10.1 Å². The minimum atomic E-state index is 0.578. The molecule has 2 nitrogen and oxygen atoms in total. The van der Waals surface area contributed by atoms with Crippen LogP contribution in [0.2, 0.25) is 0 Å². The normalized spacial score (nSPS) is 24.7. The van der Waals surface area contributed by atoms with Gasteiger partial charge in [-0.2, -0.15) is 0 Å². The molecule has 0 bridgehead atoms. The van der Waals surface area contributed by atoms with Crippen molar-refractivity contribution in [1.29, 1.82) is 0 Å². The van der Waals surface area contributed by atoms with Crippen LogP contribution in [0.5, 0.6) is 11.5 Å². The summed E-state index contributed by atoms with van der Waals surface area (Å²) in [6, 6.07) is 18.8. The van der Waals surface area contributed by atoms with Crippen LogP contribution in [-0.2, 0) is 0 Å². The number of nitrogens with one attached hydrogen (secondary N) is 1. The van der Waals surface area contributed by atoms with Gasteiger partial charge in [0.25, 0.3) is 0 Å². The van der Waals surface area contributed by atoms with Crippen LogP contribution in [0.15, 0.2) is 54.6 Å². The lowest BCUT2D eigenvalue weighted by Gasteiger charge is -2.35. The van der Waals surface area contributed by atoms with E-state index in [0.29, 0.717) is 6.04 Å². The highest BCUT2D eigenvalue weighted by Gasteiger charge is 2.27. The van der Waals surface area contributed by atoms with Crippen molar-refractivity contribution >= 4 is 5.69 Å². The number of hydrogen-bond acceptors (Lipinski definition) is 2. The molecule has 0 aromatic heterocycles. The van der Waals surface area contributed by atoms with E-state index in [9.17, 15) is 0 Å². The molecule has 1 fully saturated rings. The maximum atomic E-state index is 5.84. The number of hydrogen-bond donors (Lipinski definition) is 1. The second-order valence-electron chi connectivity index (χ2n) is 6.50. The van der Waals surface area contributed by atoms with Crippen LogP contribution in [-0.4, -0.2) is 6.04 Å². The van der Waals surface area contributed by atoms with Gasteiger partial charge in [-0.05, 0) is 61.1 Å². The average Bonchev–Trinajstić information content (AvgIpc) is 2.54. The monoisotopic (exact) mass is 295 g/mol. The molecule has 1 N–H and O–H groups in total. The van der Waals surface area contributed by atoms with E-state index in [4.69, 9.17) is 4.74 Å². The lowest BCUT2D eigenvalue weighted by molar-refractivity contribution is 0.268. The van der Waals surface area contributed by atoms with Gasteiger partial charge in [0.1, 0.15) is 11.5 Å². The van der Waals surface area contributed by atoms with E-state index in [1.165, 1.54) is 24.9 Å². The Bertz CT molecular complexity index is 568. The fourth-order valence-corrected chi connectivity index (χ4v) is 3.40. The molecule has 116 valence electrons. The molecule has 2 heteroatoms. The third-order valence-electron chi connectivity index (χ3n) is 4.71. The van der Waals surface area contributed by atoms with E-state index in [1.807, 2.05) is 42.5 Å². The summed E-state index contributed by atoms with van der Waals surface area (Å²) in [4.78, 5) is 0. The molecule has 3 rings (SSSR count). The maximum Gasteiger partial charge on any atom is 0.127 e. The van der Waals surface area contributed by atoms with E-state index in [0.717, 1.165) is 23.3 Å². The summed E-state index contributed by atoms with van der Waals surface area (Å²) >= 11 is 0. The Kier molecular flexibility index (Phi) is 4.67. The first kappa shape index (κ1) is 15.0. The lowest BCUT2D eigenvalue weighted by atomic mass is 9.78. The van der Waals surface area contributed by atoms with Crippen molar-refractivity contribution in [3.63, 3.8) is 0 Å². The summed E-state index contributed by atoms with van der Waals surface area (Å²) in [6.07, 6.45) is 4.03. The zero-order chi connectivity index (χ0) is 15.4. The Morgan fingerprint density at radius 1 is 0.818 bits per heavy atom. The van der Waals surface area contributed by atoms with Crippen LogP contribution in [0, 0.1) is 11.8 Å². The fourth-order valence-electron chi connectivity index (χ4n) is 3.40. The number of para-hydroxylation sites is 1. The van der Waals surface area contributed by atoms with Gasteiger partial charge in [0, 0.05) is 11.7 Å². The van der Waals surface area contributed by atoms with Crippen LogP contribution in [0.4, 0.5) is 5.69 Å². The molecular formula is C20H25NO. The first-order valence-corrected chi connectivity index (χ1v) is 8.32. The Morgan fingerprint density at radius 3 is 2.05 bits per heavy atom. The third kappa shape index (κ3) is 3.62. The molecule has 0 spiro atoms. The highest BCUT2D eigenvalue weighted by molar-refractivity contribution is 5.48. The van der Waals surface area contributed by atoms with E-state index in [2.05, 4.69) is 31.3 Å². The molecule has 0 radical (unpaired) electrons. The molecule has 22 heavy (non-hydrogen) atoms. The van der Waals surface area contributed by atoms with Gasteiger partial charge in [-0.3, -0.25) is 0 Å². The quantitative estimate of drug-likeness (QED) is 0.779. The molecule has 2 aromatic rings. The predicted octanol–water partition coefficient (Wildman–Crippen LogP) is 5.72. The van der Waals surface area contributed by atoms with Crippen molar-refractivity contribution in [2.24, 2.45) is 11.8 Å². The Balaban J connectivity index is 1.64. The second kappa shape index (κ2) is 6.87. The smallest absolute Gasteiger partial charge is 0.127 e. The molecule has 2 unspecified atom stereocenters. The van der Waals surface area contributed by atoms with Gasteiger partial charge in [0.2, 0.25) is 0 Å². The van der Waals surface area contributed by atoms with E-state index < -0.39 is 0 Å². The Morgan fingerprint density at radius 2 is 1.41 bits per heavy atom. The van der Waals surface area contributed by atoms with Gasteiger partial charge in [-0.25, -0.2) is 0 Å². The van der Waals surface area contributed by atoms with Crippen LogP contribution in [0.1, 0.15) is 33.1 Å². The van der Waals surface area contributed by atoms with Gasteiger partial charge in [-0.1, -0.05) is 38.5 Å². The van der Waals surface area contributed by atoms with Crippen molar-refractivity contribution in [3.8, 4) is 11.5 Å². The fraction of sp³-hybridized carbons (Fsp3) is 0.400. The SMILES string of the molecule is CC1CCCC(C)C1Nc1ccc(Oc2ccccc2)cc1. The van der Waals surface area contributed by atoms with Crippen molar-refractivity contribution in [3.05, 3.63) is 54.6 Å². The summed E-state index contributed by atoms with van der Waals surface area (Å²) < 4.78 is 5.84. The van der Waals surface area contributed by atoms with Gasteiger partial charge < -0.3 is 10.1 Å². The lowest BCUT2D eigenvalue weighted by Crippen LogP contribution is -2.36. The largest absolute Gasteiger partial charge is 0.457 e. The van der Waals surface area contributed by atoms with Crippen LogP contribution in [0.3, 0.4) is 0 Å². The van der Waals surface area contributed by atoms with Gasteiger partial charge in [0.05, 0.1) is 0 Å². The number of rotatable bonds is 4. The Labute approximate surface area is 133 Å². The predicted molar refractivity (Wildman–Crippen MR) is 92.5 cm³/mol. The topological polar surface area (TPSA) is 21.3 Å². The second-order valence-corrected chi connectivity index (χ2v) is 6.50. The van der Waals surface area contributed by atoms with Crippen molar-refractivity contribution in [1.82, 2.24) is 0 Å². The van der Waals surface area contributed by atoms with E-state index in [-0.39, 0.29) is 0 Å². The number of anilines is 1. The molecule has 1 saturated carbocycles. The minimum Gasteiger partial charge on any atom is -0.457 e. The van der Waals surface area contributed by atoms with Gasteiger partial charge in [0.15, 0.2) is 0 Å². The summed E-state index contributed by atoms with van der Waals surface area (Å²) in [5, 5.41) is 3.72. The maximum absolute atomic E-state index is 5.84. The number of benzene rings is 2. The first-order valence-electron chi connectivity index (χ1n) is 8.32. The zero-order valence-corrected chi connectivity index (χ0v) is 13.5. The molecule has 0 aliphatic heterocycles. The molecule has 2 atom stereocenters. The molecule has 0 amide bonds. The molecule has 1 aliphatic rings. The minimum absolute atomic E-state index is 0.578. The molecular weight excluding hydrogens is 270 g/mol. The summed E-state index contributed by atoms with van der Waals surface area (Å²) in [5.74, 6) is 3.23. The summed E-state index contributed by atoms with van der Waals surface area (Å²) in [7, 11) is 0. The standard InChI is InChI=1S/C20H25NO/c1-15-7-6-8-16(2)20(15)21-17-11-13-19(14-12-17)22-18-9-4-3-5-10-18/h3-5,9-16,20-21H,6-8H2,1-2H3. The Hall–Kier alpha value is -1.96. The average molecular weight is 295 g/mol. The highest BCUT2D eigenvalue weighted by Crippen LogP contribution is 2.32.